The van der Waals surface area contributed by atoms with E-state index in [4.69, 9.17) is 0 Å². The highest BCUT2D eigenvalue weighted by molar-refractivity contribution is 7.16. The lowest BCUT2D eigenvalue weighted by Gasteiger charge is -2.32. The zero-order valence-electron chi connectivity index (χ0n) is 17.8. The Bertz CT molecular complexity index is 925. The van der Waals surface area contributed by atoms with Crippen LogP contribution in [-0.4, -0.2) is 40.0 Å². The van der Waals surface area contributed by atoms with E-state index < -0.39 is 0 Å². The zero-order valence-corrected chi connectivity index (χ0v) is 18.6. The third kappa shape index (κ3) is 4.93. The fraction of sp³-hybridized carbons (Fsp3) is 0.609. The molecule has 1 fully saturated rings. The van der Waals surface area contributed by atoms with Crippen LogP contribution in [0.3, 0.4) is 0 Å². The number of nitriles is 1. The second-order valence-corrected chi connectivity index (χ2v) is 9.75. The number of rotatable bonds is 6. The quantitative estimate of drug-likeness (QED) is 0.712. The van der Waals surface area contributed by atoms with Gasteiger partial charge in [-0.15, -0.1) is 11.3 Å². The number of nitrogens with zero attached hydrogens (tertiary/aromatic N) is 4. The molecule has 30 heavy (non-hydrogen) atoms. The van der Waals surface area contributed by atoms with E-state index in [2.05, 4.69) is 25.8 Å². The summed E-state index contributed by atoms with van der Waals surface area (Å²) in [4.78, 5) is 20.8. The van der Waals surface area contributed by atoms with Gasteiger partial charge in [-0.2, -0.15) is 5.26 Å². The number of fused-ring (bicyclic) bond motifs is 1. The van der Waals surface area contributed by atoms with E-state index in [1.807, 2.05) is 19.4 Å². The van der Waals surface area contributed by atoms with E-state index in [1.54, 1.807) is 11.3 Å². The van der Waals surface area contributed by atoms with Crippen LogP contribution in [-0.2, 0) is 31.1 Å². The highest BCUT2D eigenvalue weighted by Crippen LogP contribution is 2.37. The molecule has 0 spiro atoms. The predicted molar refractivity (Wildman–Crippen MR) is 120 cm³/mol. The molecule has 1 unspecified atom stereocenters. The first-order valence-corrected chi connectivity index (χ1v) is 12.0. The van der Waals surface area contributed by atoms with Gasteiger partial charge in [0.15, 0.2) is 0 Å². The molecule has 160 valence electrons. The van der Waals surface area contributed by atoms with Crippen LogP contribution in [0.5, 0.6) is 0 Å². The number of anilines is 1. The number of thiophene rings is 1. The van der Waals surface area contributed by atoms with E-state index in [9.17, 15) is 10.1 Å². The van der Waals surface area contributed by atoms with Gasteiger partial charge >= 0.3 is 0 Å². The SMILES string of the molecule is Cn1ccnc1CC1CCCN(CCC(=O)Nc2sc3c(c2C#N)CCCCC3)C1. The number of carbonyl (C=O) groups excluding carboxylic acids is 1. The standard InChI is InChI=1S/C23H31N5OS/c1-27-13-10-25-21(27)14-17-6-5-11-28(16-17)12-9-22(29)26-23-19(15-24)18-7-3-2-4-8-20(18)30-23/h10,13,17H,2-9,11-12,14,16H2,1H3,(H,26,29). The van der Waals surface area contributed by atoms with Crippen molar-refractivity contribution in [3.8, 4) is 6.07 Å². The Balaban J connectivity index is 1.30. The number of nitrogens with one attached hydrogen (secondary N) is 1. The summed E-state index contributed by atoms with van der Waals surface area (Å²) >= 11 is 1.62. The summed E-state index contributed by atoms with van der Waals surface area (Å²) in [6.07, 6.45) is 13.3. The lowest BCUT2D eigenvalue weighted by Crippen LogP contribution is -2.38. The summed E-state index contributed by atoms with van der Waals surface area (Å²) in [5.74, 6) is 1.76. The molecule has 2 aromatic rings. The van der Waals surface area contributed by atoms with E-state index >= 15 is 0 Å². The number of aryl methyl sites for hydroxylation is 2. The second-order valence-electron chi connectivity index (χ2n) is 8.65. The third-order valence-corrected chi connectivity index (χ3v) is 7.64. The Hall–Kier alpha value is -2.17. The number of piperidine rings is 1. The van der Waals surface area contributed by atoms with Crippen molar-refractivity contribution in [1.29, 1.82) is 5.26 Å². The van der Waals surface area contributed by atoms with Gasteiger partial charge in [-0.3, -0.25) is 4.79 Å². The fourth-order valence-corrected chi connectivity index (χ4v) is 6.03. The maximum absolute atomic E-state index is 12.6. The van der Waals surface area contributed by atoms with Crippen LogP contribution >= 0.6 is 11.3 Å². The van der Waals surface area contributed by atoms with Gasteiger partial charge in [-0.25, -0.2) is 4.98 Å². The Morgan fingerprint density at radius 3 is 3.00 bits per heavy atom. The highest BCUT2D eigenvalue weighted by Gasteiger charge is 2.23. The van der Waals surface area contributed by atoms with Gasteiger partial charge in [0.25, 0.3) is 0 Å². The van der Waals surface area contributed by atoms with Crippen LogP contribution in [0.25, 0.3) is 0 Å². The summed E-state index contributed by atoms with van der Waals surface area (Å²) in [5.41, 5.74) is 1.89. The minimum atomic E-state index is 0.0223. The molecule has 1 aliphatic carbocycles. The molecule has 1 aliphatic heterocycles. The molecular formula is C23H31N5OS. The summed E-state index contributed by atoms with van der Waals surface area (Å²) in [7, 11) is 2.05. The summed E-state index contributed by atoms with van der Waals surface area (Å²) in [5, 5.41) is 13.5. The molecule has 0 radical (unpaired) electrons. The molecule has 1 amide bonds. The van der Waals surface area contributed by atoms with E-state index in [0.717, 1.165) is 56.1 Å². The van der Waals surface area contributed by atoms with Gasteiger partial charge in [0.2, 0.25) is 5.91 Å². The van der Waals surface area contributed by atoms with Crippen molar-refractivity contribution in [1.82, 2.24) is 14.5 Å². The number of amides is 1. The van der Waals surface area contributed by atoms with Crippen molar-refractivity contribution in [3.63, 3.8) is 0 Å². The van der Waals surface area contributed by atoms with Crippen LogP contribution in [0.4, 0.5) is 5.00 Å². The topological polar surface area (TPSA) is 74.0 Å². The minimum Gasteiger partial charge on any atom is -0.338 e. The molecular weight excluding hydrogens is 394 g/mol. The van der Waals surface area contributed by atoms with E-state index in [-0.39, 0.29) is 5.91 Å². The Kier molecular flexibility index (Phi) is 6.86. The molecule has 4 rings (SSSR count). The van der Waals surface area contributed by atoms with E-state index in [1.165, 1.54) is 36.1 Å². The first kappa shape index (κ1) is 21.1. The number of hydrogen-bond donors (Lipinski definition) is 1. The zero-order chi connectivity index (χ0) is 20.9. The number of hydrogen-bond acceptors (Lipinski definition) is 5. The fourth-order valence-electron chi connectivity index (χ4n) is 4.77. The summed E-state index contributed by atoms with van der Waals surface area (Å²) in [6.45, 7) is 2.86. The van der Waals surface area contributed by atoms with Crippen LogP contribution in [0.2, 0.25) is 0 Å². The molecule has 2 aliphatic rings. The Morgan fingerprint density at radius 2 is 2.20 bits per heavy atom. The molecule has 3 heterocycles. The minimum absolute atomic E-state index is 0.0223. The molecule has 0 saturated carbocycles. The van der Waals surface area contributed by atoms with Gasteiger partial charge < -0.3 is 14.8 Å². The number of carbonyl (C=O) groups is 1. The van der Waals surface area contributed by atoms with Crippen LogP contribution in [0.15, 0.2) is 12.4 Å². The van der Waals surface area contributed by atoms with Crippen molar-refractivity contribution in [2.45, 2.75) is 57.8 Å². The summed E-state index contributed by atoms with van der Waals surface area (Å²) < 4.78 is 2.10. The second kappa shape index (κ2) is 9.76. The highest BCUT2D eigenvalue weighted by atomic mass is 32.1. The number of imidazole rings is 1. The lowest BCUT2D eigenvalue weighted by atomic mass is 9.94. The van der Waals surface area contributed by atoms with Gasteiger partial charge in [-0.05, 0) is 56.6 Å². The van der Waals surface area contributed by atoms with E-state index in [0.29, 0.717) is 17.9 Å². The van der Waals surface area contributed by atoms with Crippen LogP contribution < -0.4 is 5.32 Å². The van der Waals surface area contributed by atoms with Gasteiger partial charge in [-0.1, -0.05) is 6.42 Å². The van der Waals surface area contributed by atoms with Crippen molar-refractivity contribution < 1.29 is 4.79 Å². The first-order valence-electron chi connectivity index (χ1n) is 11.2. The first-order chi connectivity index (χ1) is 14.6. The largest absolute Gasteiger partial charge is 0.338 e. The van der Waals surface area contributed by atoms with Crippen molar-refractivity contribution in [2.24, 2.45) is 13.0 Å². The molecule has 1 atom stereocenters. The van der Waals surface area contributed by atoms with Crippen molar-refractivity contribution >= 4 is 22.2 Å². The van der Waals surface area contributed by atoms with Crippen molar-refractivity contribution in [3.05, 3.63) is 34.2 Å². The van der Waals surface area contributed by atoms with Crippen LogP contribution in [0.1, 0.15) is 60.4 Å². The van der Waals surface area contributed by atoms with Crippen molar-refractivity contribution in [2.75, 3.05) is 25.0 Å². The van der Waals surface area contributed by atoms with Crippen LogP contribution in [0, 0.1) is 17.2 Å². The third-order valence-electron chi connectivity index (χ3n) is 6.44. The Labute approximate surface area is 182 Å². The molecule has 0 bridgehead atoms. The molecule has 7 heteroatoms. The Morgan fingerprint density at radius 1 is 1.33 bits per heavy atom. The lowest BCUT2D eigenvalue weighted by molar-refractivity contribution is -0.116. The molecule has 1 saturated heterocycles. The molecule has 2 aromatic heterocycles. The summed E-state index contributed by atoms with van der Waals surface area (Å²) in [6, 6.07) is 2.35. The maximum Gasteiger partial charge on any atom is 0.226 e. The normalized spacial score (nSPS) is 19.7. The molecule has 0 aromatic carbocycles. The average Bonchev–Trinajstić information content (AvgIpc) is 3.20. The van der Waals surface area contributed by atoms with Gasteiger partial charge in [0.1, 0.15) is 16.9 Å². The number of aromatic nitrogens is 2. The smallest absolute Gasteiger partial charge is 0.226 e. The predicted octanol–water partition coefficient (Wildman–Crippen LogP) is 3.91. The van der Waals surface area contributed by atoms with Gasteiger partial charge in [0.05, 0.1) is 5.56 Å². The van der Waals surface area contributed by atoms with Gasteiger partial charge in [0, 0.05) is 50.2 Å². The average molecular weight is 426 g/mol. The molecule has 6 nitrogen and oxygen atoms in total. The monoisotopic (exact) mass is 425 g/mol. The number of likely N-dealkylation sites (tertiary alicyclic amines) is 1. The maximum atomic E-state index is 12.6. The molecule has 1 N–H and O–H groups in total.